The van der Waals surface area contributed by atoms with Crippen LogP contribution < -0.4 is 10.2 Å². The van der Waals surface area contributed by atoms with Crippen molar-refractivity contribution in [3.63, 3.8) is 0 Å². The van der Waals surface area contributed by atoms with Crippen molar-refractivity contribution < 1.29 is 19.6 Å². The minimum Gasteiger partial charge on any atom is -0.500 e. The highest BCUT2D eigenvalue weighted by molar-refractivity contribution is 5.94. The lowest BCUT2D eigenvalue weighted by molar-refractivity contribution is -0.386. The Morgan fingerprint density at radius 1 is 1.46 bits per heavy atom. The maximum absolute atomic E-state index is 11.8. The molecule has 0 saturated heterocycles. The van der Waals surface area contributed by atoms with Gasteiger partial charge >= 0.3 is 5.69 Å². The van der Waals surface area contributed by atoms with Crippen molar-refractivity contribution in [2.75, 3.05) is 6.61 Å². The first-order chi connectivity index (χ1) is 11.5. The van der Waals surface area contributed by atoms with E-state index in [1.165, 1.54) is 36.8 Å². The van der Waals surface area contributed by atoms with Gasteiger partial charge in [0.2, 0.25) is 5.75 Å². The number of nitrogens with zero attached hydrogens (tertiary/aromatic N) is 3. The summed E-state index contributed by atoms with van der Waals surface area (Å²) in [5.74, 6) is -1.04. The van der Waals surface area contributed by atoms with Gasteiger partial charge in [-0.1, -0.05) is 0 Å². The lowest BCUT2D eigenvalue weighted by atomic mass is 10.2. The van der Waals surface area contributed by atoms with E-state index in [0.717, 1.165) is 6.07 Å². The quantitative estimate of drug-likeness (QED) is 0.473. The molecule has 0 fully saturated rings. The first kappa shape index (κ1) is 16.9. The smallest absolute Gasteiger partial charge is 0.315 e. The van der Waals surface area contributed by atoms with Gasteiger partial charge in [-0.3, -0.25) is 19.9 Å². The third kappa shape index (κ3) is 4.03. The molecule has 1 aromatic heterocycles. The third-order valence-electron chi connectivity index (χ3n) is 2.90. The molecular weight excluding hydrogens is 316 g/mol. The number of nitrogens with one attached hydrogen (secondary N) is 1. The van der Waals surface area contributed by atoms with Gasteiger partial charge in [0, 0.05) is 29.6 Å². The summed E-state index contributed by atoms with van der Waals surface area (Å²) in [6, 6.07) is 5.54. The maximum Gasteiger partial charge on any atom is 0.315 e. The predicted octanol–water partition coefficient (Wildman–Crippen LogP) is 1.86. The molecule has 0 radical (unpaired) electrons. The Labute approximate surface area is 136 Å². The van der Waals surface area contributed by atoms with E-state index in [2.05, 4.69) is 15.5 Å². The molecule has 9 nitrogen and oxygen atoms in total. The van der Waals surface area contributed by atoms with Gasteiger partial charge in [-0.2, -0.15) is 5.10 Å². The average molecular weight is 330 g/mol. The van der Waals surface area contributed by atoms with Gasteiger partial charge in [0.05, 0.1) is 17.7 Å². The average Bonchev–Trinajstić information content (AvgIpc) is 2.58. The molecule has 0 aliphatic rings. The molecule has 0 spiro atoms. The van der Waals surface area contributed by atoms with Crippen molar-refractivity contribution in [2.24, 2.45) is 5.10 Å². The van der Waals surface area contributed by atoms with Crippen LogP contribution in [0, 0.1) is 10.1 Å². The predicted molar refractivity (Wildman–Crippen MR) is 85.2 cm³/mol. The van der Waals surface area contributed by atoms with Crippen molar-refractivity contribution in [1.29, 1.82) is 0 Å². The van der Waals surface area contributed by atoms with Crippen LogP contribution in [0.5, 0.6) is 11.5 Å². The third-order valence-corrected chi connectivity index (χ3v) is 2.90. The number of carbonyl (C=O) groups excluding carboxylic acids is 1. The second-order valence-electron chi connectivity index (χ2n) is 4.51. The molecule has 124 valence electrons. The Hall–Kier alpha value is -3.49. The normalized spacial score (nSPS) is 10.5. The van der Waals surface area contributed by atoms with Crippen molar-refractivity contribution in [2.45, 2.75) is 6.92 Å². The van der Waals surface area contributed by atoms with E-state index in [1.54, 1.807) is 6.92 Å². The van der Waals surface area contributed by atoms with Crippen LogP contribution in [0.15, 0.2) is 41.8 Å². The van der Waals surface area contributed by atoms with Crippen LogP contribution in [-0.4, -0.2) is 33.7 Å². The summed E-state index contributed by atoms with van der Waals surface area (Å²) in [4.78, 5) is 25.8. The Morgan fingerprint density at radius 2 is 2.17 bits per heavy atom. The number of aromatic nitrogens is 1. The Kier molecular flexibility index (Phi) is 5.40. The molecular formula is C15H14N4O5. The molecule has 1 aromatic carbocycles. The van der Waals surface area contributed by atoms with Gasteiger partial charge in [-0.05, 0) is 25.1 Å². The number of rotatable bonds is 6. The van der Waals surface area contributed by atoms with E-state index in [0.29, 0.717) is 5.56 Å². The zero-order valence-corrected chi connectivity index (χ0v) is 12.7. The summed E-state index contributed by atoms with van der Waals surface area (Å²) in [6.07, 6.45) is 4.15. The summed E-state index contributed by atoms with van der Waals surface area (Å²) in [5.41, 5.74) is 2.44. The summed E-state index contributed by atoms with van der Waals surface area (Å²) < 4.78 is 5.15. The molecule has 1 heterocycles. The molecule has 0 aliphatic carbocycles. The van der Waals surface area contributed by atoms with Crippen LogP contribution in [0.1, 0.15) is 22.8 Å². The molecule has 9 heteroatoms. The van der Waals surface area contributed by atoms with Crippen LogP contribution in [0.25, 0.3) is 0 Å². The Morgan fingerprint density at radius 3 is 2.79 bits per heavy atom. The molecule has 0 atom stereocenters. The van der Waals surface area contributed by atoms with E-state index in [-0.39, 0.29) is 17.9 Å². The highest BCUT2D eigenvalue weighted by Crippen LogP contribution is 2.36. The zero-order valence-electron chi connectivity index (χ0n) is 12.7. The van der Waals surface area contributed by atoms with E-state index < -0.39 is 22.3 Å². The number of nitro groups is 1. The number of carbonyl (C=O) groups is 1. The number of hydrazone groups is 1. The standard InChI is InChI=1S/C15H14N4O5/c1-2-24-13-8-10(7-12(14(13)20)19(22)23)9-17-18-15(21)11-3-5-16-6-4-11/h3-9,20H,2H2,1H3,(H,18,21). The van der Waals surface area contributed by atoms with Gasteiger partial charge in [0.25, 0.3) is 5.91 Å². The lowest BCUT2D eigenvalue weighted by Crippen LogP contribution is -2.17. The summed E-state index contributed by atoms with van der Waals surface area (Å²) in [7, 11) is 0. The zero-order chi connectivity index (χ0) is 17.5. The van der Waals surface area contributed by atoms with Crippen molar-refractivity contribution in [3.8, 4) is 11.5 Å². The second kappa shape index (κ2) is 7.68. The lowest BCUT2D eigenvalue weighted by Gasteiger charge is -2.07. The van der Waals surface area contributed by atoms with Crippen LogP contribution in [0.3, 0.4) is 0 Å². The Balaban J connectivity index is 2.19. The number of benzene rings is 1. The van der Waals surface area contributed by atoms with Crippen LogP contribution in [0.2, 0.25) is 0 Å². The molecule has 1 amide bonds. The van der Waals surface area contributed by atoms with Crippen LogP contribution in [0.4, 0.5) is 5.69 Å². The second-order valence-corrected chi connectivity index (χ2v) is 4.51. The number of pyridine rings is 1. The van der Waals surface area contributed by atoms with Gasteiger partial charge in [-0.15, -0.1) is 0 Å². The number of phenols is 1. The summed E-state index contributed by atoms with van der Waals surface area (Å²) >= 11 is 0. The monoisotopic (exact) mass is 330 g/mol. The summed E-state index contributed by atoms with van der Waals surface area (Å²) in [5, 5.41) is 24.5. The van der Waals surface area contributed by atoms with Crippen LogP contribution >= 0.6 is 0 Å². The molecule has 0 saturated carbocycles. The Bertz CT molecular complexity index is 777. The fraction of sp³-hybridized carbons (Fsp3) is 0.133. The van der Waals surface area contributed by atoms with E-state index >= 15 is 0 Å². The highest BCUT2D eigenvalue weighted by atomic mass is 16.6. The van der Waals surface area contributed by atoms with E-state index in [9.17, 15) is 20.0 Å². The van der Waals surface area contributed by atoms with E-state index in [1.807, 2.05) is 0 Å². The molecule has 0 bridgehead atoms. The maximum atomic E-state index is 11.8. The van der Waals surface area contributed by atoms with Gasteiger partial charge < -0.3 is 9.84 Å². The minimum absolute atomic E-state index is 0.0337. The molecule has 24 heavy (non-hydrogen) atoms. The SMILES string of the molecule is CCOc1cc(C=NNC(=O)c2ccncc2)cc([N+](=O)[O-])c1O. The van der Waals surface area contributed by atoms with Crippen molar-refractivity contribution in [1.82, 2.24) is 10.4 Å². The highest BCUT2D eigenvalue weighted by Gasteiger charge is 2.19. The number of nitro benzene ring substituents is 1. The summed E-state index contributed by atoms with van der Waals surface area (Å²) in [6.45, 7) is 1.91. The number of aromatic hydroxyl groups is 1. The number of hydrogen-bond acceptors (Lipinski definition) is 7. The molecule has 2 aromatic rings. The first-order valence-electron chi connectivity index (χ1n) is 6.90. The molecule has 2 rings (SSSR count). The minimum atomic E-state index is -0.731. The van der Waals surface area contributed by atoms with Crippen molar-refractivity contribution >= 4 is 17.8 Å². The van der Waals surface area contributed by atoms with E-state index in [4.69, 9.17) is 4.74 Å². The molecule has 2 N–H and O–H groups in total. The van der Waals surface area contributed by atoms with Crippen molar-refractivity contribution in [3.05, 3.63) is 57.9 Å². The van der Waals surface area contributed by atoms with Crippen LogP contribution in [-0.2, 0) is 0 Å². The number of phenolic OH excluding ortho intramolecular Hbond substituents is 1. The topological polar surface area (TPSA) is 127 Å². The first-order valence-corrected chi connectivity index (χ1v) is 6.90. The number of hydrogen-bond donors (Lipinski definition) is 2. The fourth-order valence-corrected chi connectivity index (χ4v) is 1.83. The largest absolute Gasteiger partial charge is 0.500 e. The molecule has 0 unspecified atom stereocenters. The fourth-order valence-electron chi connectivity index (χ4n) is 1.83. The molecule has 0 aliphatic heterocycles. The van der Waals surface area contributed by atoms with Gasteiger partial charge in [0.15, 0.2) is 5.75 Å². The van der Waals surface area contributed by atoms with Gasteiger partial charge in [-0.25, -0.2) is 5.43 Å². The number of amides is 1. The number of ether oxygens (including phenoxy) is 1. The van der Waals surface area contributed by atoms with Gasteiger partial charge in [0.1, 0.15) is 0 Å².